The van der Waals surface area contributed by atoms with Crippen molar-refractivity contribution in [3.05, 3.63) is 29.8 Å². The Kier molecular flexibility index (Phi) is 6.78. The van der Waals surface area contributed by atoms with Gasteiger partial charge in [0.25, 0.3) is 0 Å². The molecule has 3 nitrogen and oxygen atoms in total. The minimum atomic E-state index is -1.57. The highest BCUT2D eigenvalue weighted by Crippen LogP contribution is 2.21. The van der Waals surface area contributed by atoms with E-state index >= 15 is 0 Å². The van der Waals surface area contributed by atoms with Crippen molar-refractivity contribution in [2.75, 3.05) is 14.1 Å². The Bertz CT molecular complexity index is 370. The Balaban J connectivity index is 2.53. The summed E-state index contributed by atoms with van der Waals surface area (Å²) in [7, 11) is 1.33. The molecule has 0 saturated heterocycles. The van der Waals surface area contributed by atoms with Gasteiger partial charge in [-0.15, -0.1) is 0 Å². The number of hydrogen-bond donors (Lipinski definition) is 0. The standard InChI is InChI=1S/C14H27NO2Si2/c1-7-12(2)13-8-10-14(11-9-13)16-19(6)17-18(5)15(3)4/h8-12,18-19H,7H2,1-6H3. The maximum Gasteiger partial charge on any atom is 0.369 e. The molecule has 1 aromatic carbocycles. The van der Waals surface area contributed by atoms with E-state index in [9.17, 15) is 0 Å². The van der Waals surface area contributed by atoms with Gasteiger partial charge in [0.15, 0.2) is 0 Å². The summed E-state index contributed by atoms with van der Waals surface area (Å²) < 4.78 is 14.1. The molecule has 1 aromatic rings. The highest BCUT2D eigenvalue weighted by atomic mass is 28.4. The lowest BCUT2D eigenvalue weighted by atomic mass is 9.99. The van der Waals surface area contributed by atoms with Crippen LogP contribution in [0.3, 0.4) is 0 Å². The topological polar surface area (TPSA) is 21.7 Å². The fourth-order valence-electron chi connectivity index (χ4n) is 1.73. The second-order valence-electron chi connectivity index (χ2n) is 5.26. The molecular formula is C14H27NO2Si2. The zero-order valence-corrected chi connectivity index (χ0v) is 15.3. The molecule has 108 valence electrons. The van der Waals surface area contributed by atoms with Gasteiger partial charge in [-0.25, -0.2) is 0 Å². The lowest BCUT2D eigenvalue weighted by molar-refractivity contribution is 0.401. The molecule has 0 radical (unpaired) electrons. The molecule has 0 aliphatic rings. The van der Waals surface area contributed by atoms with Crippen LogP contribution in [0.1, 0.15) is 31.7 Å². The maximum atomic E-state index is 6.00. The molecule has 0 heterocycles. The lowest BCUT2D eigenvalue weighted by Crippen LogP contribution is -2.39. The maximum absolute atomic E-state index is 6.00. The summed E-state index contributed by atoms with van der Waals surface area (Å²) in [5, 5.41) is 0. The van der Waals surface area contributed by atoms with Crippen LogP contribution in [0, 0.1) is 0 Å². The van der Waals surface area contributed by atoms with Gasteiger partial charge in [0.05, 0.1) is 0 Å². The summed E-state index contributed by atoms with van der Waals surface area (Å²) in [6.45, 7) is 8.74. The van der Waals surface area contributed by atoms with Crippen molar-refractivity contribution in [1.82, 2.24) is 4.57 Å². The second-order valence-corrected chi connectivity index (χ2v) is 9.95. The molecule has 0 aliphatic carbocycles. The number of hydrogen-bond acceptors (Lipinski definition) is 3. The third kappa shape index (κ3) is 5.48. The number of rotatable bonds is 7. The van der Waals surface area contributed by atoms with Crippen LogP contribution in [-0.4, -0.2) is 37.1 Å². The van der Waals surface area contributed by atoms with Gasteiger partial charge < -0.3 is 13.1 Å². The molecule has 19 heavy (non-hydrogen) atoms. The second kappa shape index (κ2) is 7.84. The van der Waals surface area contributed by atoms with Crippen molar-refractivity contribution in [3.8, 4) is 5.75 Å². The summed E-state index contributed by atoms with van der Waals surface area (Å²) in [5.41, 5.74) is 1.38. The number of benzene rings is 1. The molecule has 0 amide bonds. The predicted octanol–water partition coefficient (Wildman–Crippen LogP) is 2.86. The van der Waals surface area contributed by atoms with Crippen LogP contribution in [0.15, 0.2) is 24.3 Å². The molecular weight excluding hydrogens is 270 g/mol. The van der Waals surface area contributed by atoms with Gasteiger partial charge in [0.2, 0.25) is 9.20 Å². The van der Waals surface area contributed by atoms with Gasteiger partial charge in [-0.1, -0.05) is 26.0 Å². The van der Waals surface area contributed by atoms with Crippen molar-refractivity contribution < 1.29 is 8.54 Å². The Hall–Kier alpha value is -0.626. The zero-order valence-electron chi connectivity index (χ0n) is 13.0. The Morgan fingerprint density at radius 3 is 2.21 bits per heavy atom. The Morgan fingerprint density at radius 1 is 1.16 bits per heavy atom. The molecule has 0 aromatic heterocycles. The monoisotopic (exact) mass is 297 g/mol. The van der Waals surface area contributed by atoms with E-state index in [0.717, 1.165) is 5.75 Å². The molecule has 1 rings (SSSR count). The first-order valence-corrected chi connectivity index (χ1v) is 11.3. The largest absolute Gasteiger partial charge is 0.523 e. The van der Waals surface area contributed by atoms with E-state index in [-0.39, 0.29) is 0 Å². The fraction of sp³-hybridized carbons (Fsp3) is 0.571. The first-order valence-electron chi connectivity index (χ1n) is 7.02. The normalized spacial score (nSPS) is 16.2. The summed E-state index contributed by atoms with van der Waals surface area (Å²) in [4.78, 5) is 0. The summed E-state index contributed by atoms with van der Waals surface area (Å²) in [6, 6.07) is 8.46. The van der Waals surface area contributed by atoms with Gasteiger partial charge in [-0.2, -0.15) is 0 Å². The van der Waals surface area contributed by atoms with Crippen molar-refractivity contribution in [1.29, 1.82) is 0 Å². The average Bonchev–Trinajstić information content (AvgIpc) is 2.38. The summed E-state index contributed by atoms with van der Waals surface area (Å²) >= 11 is 0. The van der Waals surface area contributed by atoms with E-state index in [0.29, 0.717) is 5.92 Å². The van der Waals surface area contributed by atoms with Crippen molar-refractivity contribution >= 4 is 18.5 Å². The Labute approximate surface area is 121 Å². The third-order valence-electron chi connectivity index (χ3n) is 3.48. The molecule has 3 atom stereocenters. The van der Waals surface area contributed by atoms with Crippen LogP contribution >= 0.6 is 0 Å². The fourth-order valence-corrected chi connectivity index (χ4v) is 5.68. The van der Waals surface area contributed by atoms with Gasteiger partial charge in [-0.3, -0.25) is 0 Å². The third-order valence-corrected chi connectivity index (χ3v) is 8.65. The average molecular weight is 298 g/mol. The van der Waals surface area contributed by atoms with Crippen LogP contribution in [0.25, 0.3) is 0 Å². The highest BCUT2D eigenvalue weighted by molar-refractivity contribution is 6.60. The molecule has 0 bridgehead atoms. The lowest BCUT2D eigenvalue weighted by Gasteiger charge is -2.23. The Morgan fingerprint density at radius 2 is 1.74 bits per heavy atom. The minimum Gasteiger partial charge on any atom is -0.523 e. The van der Waals surface area contributed by atoms with Crippen LogP contribution in [0.4, 0.5) is 0 Å². The first-order chi connectivity index (χ1) is 8.93. The van der Waals surface area contributed by atoms with Gasteiger partial charge >= 0.3 is 9.28 Å². The van der Waals surface area contributed by atoms with E-state index in [1.807, 2.05) is 0 Å². The first kappa shape index (κ1) is 16.4. The van der Waals surface area contributed by atoms with Gasteiger partial charge in [0.1, 0.15) is 5.75 Å². The van der Waals surface area contributed by atoms with Crippen LogP contribution in [0.5, 0.6) is 5.75 Å². The van der Waals surface area contributed by atoms with Crippen LogP contribution in [0.2, 0.25) is 13.1 Å². The van der Waals surface area contributed by atoms with E-state index < -0.39 is 18.5 Å². The highest BCUT2D eigenvalue weighted by Gasteiger charge is 2.15. The van der Waals surface area contributed by atoms with Crippen LogP contribution in [-0.2, 0) is 4.12 Å². The molecule has 0 fully saturated rings. The van der Waals surface area contributed by atoms with Gasteiger partial charge in [0, 0.05) is 0 Å². The van der Waals surface area contributed by atoms with Gasteiger partial charge in [-0.05, 0) is 57.2 Å². The van der Waals surface area contributed by atoms with Crippen molar-refractivity contribution in [2.24, 2.45) is 0 Å². The van der Waals surface area contributed by atoms with E-state index in [1.54, 1.807) is 0 Å². The molecule has 0 saturated carbocycles. The molecule has 5 heteroatoms. The SMILES string of the molecule is CCC(C)c1ccc(O[SiH](C)O[SiH](C)N(C)C)cc1. The zero-order chi connectivity index (χ0) is 14.4. The van der Waals surface area contributed by atoms with Crippen molar-refractivity contribution in [2.45, 2.75) is 39.3 Å². The molecule has 0 spiro atoms. The van der Waals surface area contributed by atoms with E-state index in [2.05, 4.69) is 69.9 Å². The summed E-state index contributed by atoms with van der Waals surface area (Å²) in [5.74, 6) is 1.55. The molecule has 3 unspecified atom stereocenters. The van der Waals surface area contributed by atoms with Crippen LogP contribution < -0.4 is 4.43 Å². The van der Waals surface area contributed by atoms with E-state index in [4.69, 9.17) is 8.54 Å². The quantitative estimate of drug-likeness (QED) is 0.722. The summed E-state index contributed by atoms with van der Waals surface area (Å²) in [6.07, 6.45) is 1.17. The minimum absolute atomic E-state index is 0.612. The smallest absolute Gasteiger partial charge is 0.369 e. The van der Waals surface area contributed by atoms with Crippen molar-refractivity contribution in [3.63, 3.8) is 0 Å². The molecule has 0 N–H and O–H groups in total. The van der Waals surface area contributed by atoms with E-state index in [1.165, 1.54) is 12.0 Å². The predicted molar refractivity (Wildman–Crippen MR) is 86.6 cm³/mol. The molecule has 0 aliphatic heterocycles. The number of nitrogens with zero attached hydrogens (tertiary/aromatic N) is 1.